The summed E-state index contributed by atoms with van der Waals surface area (Å²) in [5.74, 6) is -0.201. The van der Waals surface area contributed by atoms with Crippen molar-refractivity contribution in [2.75, 3.05) is 13.7 Å². The maximum atomic E-state index is 10.9. The van der Waals surface area contributed by atoms with Gasteiger partial charge in [0.15, 0.2) is 0 Å². The third kappa shape index (κ3) is 3.95. The van der Waals surface area contributed by atoms with Crippen molar-refractivity contribution in [3.05, 3.63) is 28.8 Å². The molecule has 0 bridgehead atoms. The first-order valence-electron chi connectivity index (χ1n) is 6.69. The van der Waals surface area contributed by atoms with Gasteiger partial charge in [-0.1, -0.05) is 6.92 Å². The summed E-state index contributed by atoms with van der Waals surface area (Å²) >= 11 is 0. The van der Waals surface area contributed by atoms with E-state index in [1.165, 1.54) is 0 Å². The van der Waals surface area contributed by atoms with Gasteiger partial charge in [-0.05, 0) is 49.2 Å². The molecular weight excluding hydrogens is 258 g/mol. The Morgan fingerprint density at radius 1 is 1.35 bits per heavy atom. The van der Waals surface area contributed by atoms with Gasteiger partial charge in [0.25, 0.3) is 0 Å². The molecule has 0 amide bonds. The summed E-state index contributed by atoms with van der Waals surface area (Å²) < 4.78 is 5.19. The number of carbonyl (C=O) groups is 1. The van der Waals surface area contributed by atoms with Crippen LogP contribution in [0.25, 0.3) is 0 Å². The number of carboxylic acids is 1. The number of aliphatic hydroxyl groups excluding tert-OH is 1. The molecule has 0 spiro atoms. The van der Waals surface area contributed by atoms with Crippen molar-refractivity contribution in [1.82, 2.24) is 5.32 Å². The van der Waals surface area contributed by atoms with E-state index in [0.717, 1.165) is 22.4 Å². The molecule has 0 aromatic heterocycles. The molecule has 0 saturated heterocycles. The number of benzene rings is 1. The Morgan fingerprint density at radius 2 is 1.90 bits per heavy atom. The lowest BCUT2D eigenvalue weighted by Gasteiger charge is -2.25. The first-order chi connectivity index (χ1) is 9.40. The van der Waals surface area contributed by atoms with Crippen molar-refractivity contribution in [2.24, 2.45) is 0 Å². The quantitative estimate of drug-likeness (QED) is 0.710. The van der Waals surface area contributed by atoms with Crippen molar-refractivity contribution >= 4 is 5.97 Å². The van der Waals surface area contributed by atoms with Crippen LogP contribution >= 0.6 is 0 Å². The Kier molecular flexibility index (Phi) is 5.98. The molecule has 1 rings (SSSR count). The Hall–Kier alpha value is -1.59. The third-order valence-electron chi connectivity index (χ3n) is 3.34. The fourth-order valence-corrected chi connectivity index (χ4v) is 2.47. The van der Waals surface area contributed by atoms with Crippen molar-refractivity contribution in [3.8, 4) is 5.75 Å². The molecule has 0 aliphatic heterocycles. The zero-order valence-corrected chi connectivity index (χ0v) is 12.4. The largest absolute Gasteiger partial charge is 0.497 e. The molecule has 5 nitrogen and oxygen atoms in total. The highest BCUT2D eigenvalue weighted by Gasteiger charge is 2.25. The lowest BCUT2D eigenvalue weighted by atomic mass is 9.92. The van der Waals surface area contributed by atoms with Crippen LogP contribution in [0.2, 0.25) is 0 Å². The van der Waals surface area contributed by atoms with Gasteiger partial charge in [0.05, 0.1) is 19.6 Å². The number of rotatable bonds is 7. The van der Waals surface area contributed by atoms with Crippen molar-refractivity contribution in [2.45, 2.75) is 39.3 Å². The summed E-state index contributed by atoms with van der Waals surface area (Å²) in [5.41, 5.74) is 2.54. The molecule has 1 aromatic carbocycles. The minimum absolute atomic E-state index is 0.125. The number of hydrogen-bond acceptors (Lipinski definition) is 4. The van der Waals surface area contributed by atoms with E-state index in [-0.39, 0.29) is 6.42 Å². The number of carboxylic acid groups (broad SMARTS) is 1. The lowest BCUT2D eigenvalue weighted by Crippen LogP contribution is -2.37. The molecule has 0 saturated carbocycles. The summed E-state index contributed by atoms with van der Waals surface area (Å²) in [5, 5.41) is 22.5. The highest BCUT2D eigenvalue weighted by Crippen LogP contribution is 2.29. The van der Waals surface area contributed by atoms with Crippen molar-refractivity contribution < 1.29 is 19.7 Å². The molecule has 0 radical (unpaired) electrons. The normalized spacial score (nSPS) is 13.8. The van der Waals surface area contributed by atoms with E-state index in [9.17, 15) is 9.90 Å². The number of hydrogen-bond donors (Lipinski definition) is 3. The van der Waals surface area contributed by atoms with Crippen molar-refractivity contribution in [3.63, 3.8) is 0 Å². The number of aliphatic carboxylic acids is 1. The molecule has 2 atom stereocenters. The molecule has 1 aromatic rings. The van der Waals surface area contributed by atoms with Gasteiger partial charge < -0.3 is 20.3 Å². The third-order valence-corrected chi connectivity index (χ3v) is 3.34. The minimum atomic E-state index is -0.932. The van der Waals surface area contributed by atoms with Gasteiger partial charge in [-0.3, -0.25) is 4.79 Å². The van der Waals surface area contributed by atoms with Crippen LogP contribution in [0.1, 0.15) is 36.1 Å². The monoisotopic (exact) mass is 281 g/mol. The van der Waals surface area contributed by atoms with Crippen molar-refractivity contribution in [1.29, 1.82) is 0 Å². The summed E-state index contributed by atoms with van der Waals surface area (Å²) in [7, 11) is 1.59. The van der Waals surface area contributed by atoms with Crippen LogP contribution in [0.5, 0.6) is 5.75 Å². The summed E-state index contributed by atoms with van der Waals surface area (Å²) in [6.45, 7) is 6.26. The van der Waals surface area contributed by atoms with E-state index in [4.69, 9.17) is 9.84 Å². The van der Waals surface area contributed by atoms with Gasteiger partial charge in [0.1, 0.15) is 5.75 Å². The van der Waals surface area contributed by atoms with E-state index >= 15 is 0 Å². The summed E-state index contributed by atoms with van der Waals surface area (Å²) in [6, 6.07) is 3.17. The fraction of sp³-hybridized carbons (Fsp3) is 0.533. The predicted molar refractivity (Wildman–Crippen MR) is 77.1 cm³/mol. The molecule has 5 heteroatoms. The molecule has 0 heterocycles. The lowest BCUT2D eigenvalue weighted by molar-refractivity contribution is -0.138. The van der Waals surface area contributed by atoms with Crippen LogP contribution in [-0.2, 0) is 4.79 Å². The minimum Gasteiger partial charge on any atom is -0.497 e. The Labute approximate surface area is 119 Å². The standard InChI is InChI=1S/C15H23NO4/c1-5-16-12(8-13(17)18)15(19)14-9(2)6-11(20-4)7-10(14)3/h6-7,12,15-16,19H,5,8H2,1-4H3,(H,17,18). The maximum absolute atomic E-state index is 10.9. The van der Waals surface area contributed by atoms with Crippen LogP contribution in [0.3, 0.4) is 0 Å². The average Bonchev–Trinajstić information content (AvgIpc) is 2.36. The van der Waals surface area contributed by atoms with Crippen LogP contribution in [0.15, 0.2) is 12.1 Å². The molecule has 2 unspecified atom stereocenters. The predicted octanol–water partition coefficient (Wildman–Crippen LogP) is 1.80. The summed E-state index contributed by atoms with van der Waals surface area (Å²) in [4.78, 5) is 10.9. The smallest absolute Gasteiger partial charge is 0.305 e. The number of ether oxygens (including phenoxy) is 1. The zero-order valence-electron chi connectivity index (χ0n) is 12.4. The second kappa shape index (κ2) is 7.26. The Bertz CT molecular complexity index is 450. The van der Waals surface area contributed by atoms with Crippen LogP contribution < -0.4 is 10.1 Å². The van der Waals surface area contributed by atoms with Crippen LogP contribution in [-0.4, -0.2) is 35.9 Å². The second-order valence-electron chi connectivity index (χ2n) is 4.88. The number of likely N-dealkylation sites (N-methyl/N-ethyl adjacent to an activating group) is 1. The Morgan fingerprint density at radius 3 is 2.30 bits per heavy atom. The van der Waals surface area contributed by atoms with Gasteiger partial charge in [-0.15, -0.1) is 0 Å². The fourth-order valence-electron chi connectivity index (χ4n) is 2.47. The molecular formula is C15H23NO4. The first-order valence-corrected chi connectivity index (χ1v) is 6.69. The number of aliphatic hydroxyl groups is 1. The molecule has 0 aliphatic carbocycles. The highest BCUT2D eigenvalue weighted by molar-refractivity contribution is 5.67. The number of aryl methyl sites for hydroxylation is 2. The zero-order chi connectivity index (χ0) is 15.3. The number of nitrogens with one attached hydrogen (secondary N) is 1. The molecule has 3 N–H and O–H groups in total. The average molecular weight is 281 g/mol. The van der Waals surface area contributed by atoms with E-state index in [2.05, 4.69) is 5.32 Å². The van der Waals surface area contributed by atoms with Crippen LogP contribution in [0, 0.1) is 13.8 Å². The van der Waals surface area contributed by atoms with E-state index < -0.39 is 18.1 Å². The molecule has 112 valence electrons. The van der Waals surface area contributed by atoms with Gasteiger partial charge in [0.2, 0.25) is 0 Å². The second-order valence-corrected chi connectivity index (χ2v) is 4.88. The van der Waals surface area contributed by atoms with E-state index in [1.54, 1.807) is 7.11 Å². The van der Waals surface area contributed by atoms with Gasteiger partial charge >= 0.3 is 5.97 Å². The number of methoxy groups -OCH3 is 1. The SMILES string of the molecule is CCNC(CC(=O)O)C(O)c1c(C)cc(OC)cc1C. The topological polar surface area (TPSA) is 78.8 Å². The Balaban J connectivity index is 3.10. The van der Waals surface area contributed by atoms with Gasteiger partial charge in [-0.2, -0.15) is 0 Å². The van der Waals surface area contributed by atoms with Gasteiger partial charge in [-0.25, -0.2) is 0 Å². The van der Waals surface area contributed by atoms with E-state index in [0.29, 0.717) is 6.54 Å². The maximum Gasteiger partial charge on any atom is 0.305 e. The van der Waals surface area contributed by atoms with Gasteiger partial charge in [0, 0.05) is 6.04 Å². The molecule has 0 aliphatic rings. The summed E-state index contributed by atoms with van der Waals surface area (Å²) in [6.07, 6.45) is -0.989. The molecule has 20 heavy (non-hydrogen) atoms. The first kappa shape index (κ1) is 16.5. The molecule has 0 fully saturated rings. The van der Waals surface area contributed by atoms with Crippen LogP contribution in [0.4, 0.5) is 0 Å². The highest BCUT2D eigenvalue weighted by atomic mass is 16.5. The van der Waals surface area contributed by atoms with E-state index in [1.807, 2.05) is 32.9 Å².